The maximum Gasteiger partial charge on any atom is 0.328 e. The number of nitrogens with two attached hydrogens (primary N) is 1. The topological polar surface area (TPSA) is 102 Å². The molecule has 1 fully saturated rings. The van der Waals surface area contributed by atoms with Crippen molar-refractivity contribution in [3.63, 3.8) is 0 Å². The number of anilines is 1. The van der Waals surface area contributed by atoms with Gasteiger partial charge in [-0.15, -0.1) is 0 Å². The Labute approximate surface area is 137 Å². The number of benzene rings is 1. The molecule has 0 unspecified atom stereocenters. The number of ether oxygens (including phenoxy) is 1. The molecule has 6 nitrogen and oxygen atoms in total. The molecule has 1 aromatic rings. The standard InChI is InChI=1S/C15H21NO2.C2H5NO2/c1-10-5-4-6-11(2)14(10)16-12(3)15(17)18-9-13-7-8-13;3-1-2(4)5/h4-6,12-13,16H,7-9H2,1-3H3;1,3H2,(H,4,5)/t12-;/m0./s1. The number of nitrogens with one attached hydrogen (secondary N) is 1. The first-order valence-electron chi connectivity index (χ1n) is 7.76. The van der Waals surface area contributed by atoms with E-state index in [4.69, 9.17) is 9.84 Å². The van der Waals surface area contributed by atoms with Crippen molar-refractivity contribution in [1.82, 2.24) is 0 Å². The van der Waals surface area contributed by atoms with Gasteiger partial charge in [0.1, 0.15) is 6.04 Å². The largest absolute Gasteiger partial charge is 0.480 e. The smallest absolute Gasteiger partial charge is 0.328 e. The summed E-state index contributed by atoms with van der Waals surface area (Å²) in [5, 5.41) is 10.8. The van der Waals surface area contributed by atoms with Crippen molar-refractivity contribution in [3.05, 3.63) is 29.3 Å². The van der Waals surface area contributed by atoms with E-state index in [2.05, 4.69) is 11.1 Å². The fraction of sp³-hybridized carbons (Fsp3) is 0.529. The summed E-state index contributed by atoms with van der Waals surface area (Å²) in [6.45, 7) is 6.23. The van der Waals surface area contributed by atoms with Crippen LogP contribution < -0.4 is 11.1 Å². The second-order valence-electron chi connectivity index (χ2n) is 5.80. The van der Waals surface area contributed by atoms with Crippen LogP contribution in [-0.4, -0.2) is 36.2 Å². The van der Waals surface area contributed by atoms with Gasteiger partial charge in [-0.2, -0.15) is 0 Å². The van der Waals surface area contributed by atoms with E-state index < -0.39 is 5.97 Å². The van der Waals surface area contributed by atoms with Crippen LogP contribution in [0, 0.1) is 19.8 Å². The maximum absolute atomic E-state index is 11.8. The summed E-state index contributed by atoms with van der Waals surface area (Å²) >= 11 is 0. The molecule has 0 aliphatic heterocycles. The molecule has 1 aromatic carbocycles. The minimum atomic E-state index is -0.968. The van der Waals surface area contributed by atoms with E-state index in [1.165, 1.54) is 12.8 Å². The van der Waals surface area contributed by atoms with E-state index in [1.54, 1.807) is 0 Å². The van der Waals surface area contributed by atoms with Gasteiger partial charge in [0.2, 0.25) is 0 Å². The highest BCUT2D eigenvalue weighted by atomic mass is 16.5. The SMILES string of the molecule is Cc1cccc(C)c1N[C@@H](C)C(=O)OCC1CC1.NCC(=O)O. The normalized spacial score (nSPS) is 14.3. The first-order chi connectivity index (χ1) is 10.8. The van der Waals surface area contributed by atoms with Crippen molar-refractivity contribution in [2.75, 3.05) is 18.5 Å². The Bertz CT molecular complexity index is 521. The van der Waals surface area contributed by atoms with Crippen molar-refractivity contribution in [2.24, 2.45) is 11.7 Å². The molecule has 0 aromatic heterocycles. The predicted octanol–water partition coefficient (Wildman–Crippen LogP) is 2.09. The van der Waals surface area contributed by atoms with Crippen LogP contribution >= 0.6 is 0 Å². The molecule has 6 heteroatoms. The van der Waals surface area contributed by atoms with Crippen LogP contribution in [-0.2, 0) is 14.3 Å². The number of hydrogen-bond donors (Lipinski definition) is 3. The van der Waals surface area contributed by atoms with Gasteiger partial charge in [-0.25, -0.2) is 4.79 Å². The highest BCUT2D eigenvalue weighted by molar-refractivity contribution is 5.79. The monoisotopic (exact) mass is 322 g/mol. The lowest BCUT2D eigenvalue weighted by Crippen LogP contribution is -2.29. The average molecular weight is 322 g/mol. The van der Waals surface area contributed by atoms with Crippen molar-refractivity contribution in [3.8, 4) is 0 Å². The van der Waals surface area contributed by atoms with E-state index in [9.17, 15) is 9.59 Å². The number of carboxylic acids is 1. The van der Waals surface area contributed by atoms with Crippen molar-refractivity contribution >= 4 is 17.6 Å². The average Bonchev–Trinajstić information content (AvgIpc) is 3.33. The number of carboxylic acid groups (broad SMARTS) is 1. The molecule has 0 spiro atoms. The number of hydrogen-bond acceptors (Lipinski definition) is 5. The van der Waals surface area contributed by atoms with Gasteiger partial charge in [0.15, 0.2) is 0 Å². The van der Waals surface area contributed by atoms with Crippen LogP contribution in [0.15, 0.2) is 18.2 Å². The number of esters is 1. The van der Waals surface area contributed by atoms with E-state index in [0.717, 1.165) is 16.8 Å². The molecule has 0 amide bonds. The Morgan fingerprint density at radius 2 is 1.87 bits per heavy atom. The molecule has 2 rings (SSSR count). The van der Waals surface area contributed by atoms with Crippen LogP contribution in [0.5, 0.6) is 0 Å². The fourth-order valence-corrected chi connectivity index (χ4v) is 1.93. The summed E-state index contributed by atoms with van der Waals surface area (Å²) in [5.41, 5.74) is 7.91. The quantitative estimate of drug-likeness (QED) is 0.693. The Kier molecular flexibility index (Phi) is 7.54. The van der Waals surface area contributed by atoms with Crippen molar-refractivity contribution in [1.29, 1.82) is 0 Å². The predicted molar refractivity (Wildman–Crippen MR) is 89.4 cm³/mol. The number of carbonyl (C=O) groups excluding carboxylic acids is 1. The van der Waals surface area contributed by atoms with Gasteiger partial charge in [0.25, 0.3) is 0 Å². The molecular weight excluding hydrogens is 296 g/mol. The van der Waals surface area contributed by atoms with Gasteiger partial charge in [-0.05, 0) is 50.7 Å². The van der Waals surface area contributed by atoms with E-state index in [1.807, 2.05) is 39.0 Å². The molecule has 1 atom stereocenters. The molecule has 23 heavy (non-hydrogen) atoms. The van der Waals surface area contributed by atoms with Crippen molar-refractivity contribution in [2.45, 2.75) is 39.7 Å². The summed E-state index contributed by atoms with van der Waals surface area (Å²) < 4.78 is 5.28. The summed E-state index contributed by atoms with van der Waals surface area (Å²) in [5.74, 6) is -0.518. The number of carbonyl (C=O) groups is 2. The number of para-hydroxylation sites is 1. The van der Waals surface area contributed by atoms with E-state index >= 15 is 0 Å². The molecule has 0 heterocycles. The minimum Gasteiger partial charge on any atom is -0.480 e. The summed E-state index contributed by atoms with van der Waals surface area (Å²) in [4.78, 5) is 21.1. The Hall–Kier alpha value is -2.08. The second-order valence-corrected chi connectivity index (χ2v) is 5.80. The third-order valence-electron chi connectivity index (χ3n) is 3.53. The molecule has 4 N–H and O–H groups in total. The first-order valence-corrected chi connectivity index (χ1v) is 7.76. The van der Waals surface area contributed by atoms with E-state index in [-0.39, 0.29) is 18.6 Å². The minimum absolute atomic E-state index is 0.162. The third kappa shape index (κ3) is 7.15. The zero-order valence-electron chi connectivity index (χ0n) is 14.0. The number of aryl methyl sites for hydroxylation is 2. The molecule has 1 aliphatic rings. The molecule has 128 valence electrons. The summed E-state index contributed by atoms with van der Waals surface area (Å²) in [6, 6.07) is 5.80. The second kappa shape index (κ2) is 9.15. The third-order valence-corrected chi connectivity index (χ3v) is 3.53. The van der Waals surface area contributed by atoms with E-state index in [0.29, 0.717) is 12.5 Å². The van der Waals surface area contributed by atoms with Gasteiger partial charge < -0.3 is 20.9 Å². The van der Waals surface area contributed by atoms with Crippen molar-refractivity contribution < 1.29 is 19.4 Å². The molecule has 0 radical (unpaired) electrons. The zero-order chi connectivity index (χ0) is 17.4. The zero-order valence-corrected chi connectivity index (χ0v) is 14.0. The Balaban J connectivity index is 0.000000463. The molecule has 0 saturated heterocycles. The maximum atomic E-state index is 11.8. The highest BCUT2D eigenvalue weighted by Crippen LogP contribution is 2.29. The van der Waals surface area contributed by atoms with Gasteiger partial charge in [-0.1, -0.05) is 18.2 Å². The first kappa shape index (κ1) is 19.0. The van der Waals surface area contributed by atoms with Gasteiger partial charge in [-0.3, -0.25) is 4.79 Å². The van der Waals surface area contributed by atoms with Crippen LogP contribution in [0.4, 0.5) is 5.69 Å². The summed E-state index contributed by atoms with van der Waals surface area (Å²) in [6.07, 6.45) is 2.40. The van der Waals surface area contributed by atoms with Crippen LogP contribution in [0.1, 0.15) is 30.9 Å². The van der Waals surface area contributed by atoms with Crippen LogP contribution in [0.3, 0.4) is 0 Å². The summed E-state index contributed by atoms with van der Waals surface area (Å²) in [7, 11) is 0. The molecule has 1 saturated carbocycles. The fourth-order valence-electron chi connectivity index (χ4n) is 1.93. The Morgan fingerprint density at radius 3 is 2.30 bits per heavy atom. The van der Waals surface area contributed by atoms with Gasteiger partial charge in [0, 0.05) is 5.69 Å². The lowest BCUT2D eigenvalue weighted by Gasteiger charge is -2.18. The van der Waals surface area contributed by atoms with Crippen LogP contribution in [0.2, 0.25) is 0 Å². The van der Waals surface area contributed by atoms with Gasteiger partial charge >= 0.3 is 11.9 Å². The lowest BCUT2D eigenvalue weighted by molar-refractivity contribution is -0.144. The van der Waals surface area contributed by atoms with Gasteiger partial charge in [0.05, 0.1) is 13.2 Å². The molecule has 1 aliphatic carbocycles. The molecular formula is C17H26N2O4. The number of aliphatic carboxylic acids is 1. The number of rotatable bonds is 6. The van der Waals surface area contributed by atoms with Crippen LogP contribution in [0.25, 0.3) is 0 Å². The lowest BCUT2D eigenvalue weighted by atomic mass is 10.1. The Morgan fingerprint density at radius 1 is 1.35 bits per heavy atom. The molecule has 0 bridgehead atoms. The highest BCUT2D eigenvalue weighted by Gasteiger charge is 2.24.